The average molecular weight is 371 g/mol. The fraction of sp³-hybridized carbons (Fsp3) is 0.200. The normalized spacial score (nSPS) is 10.4. The molecule has 0 bridgehead atoms. The Morgan fingerprint density at radius 3 is 2.48 bits per heavy atom. The lowest BCUT2D eigenvalue weighted by atomic mass is 10.2. The van der Waals surface area contributed by atoms with Gasteiger partial charge < -0.3 is 5.32 Å². The Balaban J connectivity index is 1.99. The van der Waals surface area contributed by atoms with Crippen molar-refractivity contribution in [1.82, 2.24) is 0 Å². The monoisotopic (exact) mass is 370 g/mol. The lowest BCUT2D eigenvalue weighted by Crippen LogP contribution is -2.14. The third-order valence-electron chi connectivity index (χ3n) is 3.49. The summed E-state index contributed by atoms with van der Waals surface area (Å²) in [7, 11) is 0. The fourth-order valence-electron chi connectivity index (χ4n) is 2.12. The predicted molar refractivity (Wildman–Crippen MR) is 112 cm³/mol. The number of aryl methyl sites for hydroxylation is 2. The zero-order valence-electron chi connectivity index (χ0n) is 14.7. The third-order valence-corrected chi connectivity index (χ3v) is 5.47. The zero-order valence-corrected chi connectivity index (χ0v) is 16.3. The molecule has 2 aromatic carbocycles. The summed E-state index contributed by atoms with van der Waals surface area (Å²) in [5.41, 5.74) is 4.26. The highest BCUT2D eigenvalue weighted by Crippen LogP contribution is 2.35. The van der Waals surface area contributed by atoms with Crippen LogP contribution in [0.2, 0.25) is 0 Å². The van der Waals surface area contributed by atoms with E-state index in [0.29, 0.717) is 5.04 Å². The molecule has 25 heavy (non-hydrogen) atoms. The van der Waals surface area contributed by atoms with E-state index in [2.05, 4.69) is 43.9 Å². The molecule has 3 nitrogen and oxygen atoms in total. The van der Waals surface area contributed by atoms with Crippen molar-refractivity contribution in [2.24, 2.45) is 0 Å². The number of carbonyl (C=O) groups excluding carboxylic acids is 1. The molecule has 0 spiro atoms. The first-order chi connectivity index (χ1) is 11.8. The Labute approximate surface area is 157 Å². The lowest BCUT2D eigenvalue weighted by Gasteiger charge is -2.10. The molecular weight excluding hydrogens is 348 g/mol. The van der Waals surface area contributed by atoms with Crippen molar-refractivity contribution in [2.45, 2.75) is 25.7 Å². The lowest BCUT2D eigenvalue weighted by molar-refractivity contribution is -0.113. The topological polar surface area (TPSA) is 53.0 Å². The van der Waals surface area contributed by atoms with Crippen molar-refractivity contribution >= 4 is 45.1 Å². The molecular formula is C20H22N2OS2. The van der Waals surface area contributed by atoms with Gasteiger partial charge in [-0.1, -0.05) is 42.6 Å². The highest BCUT2D eigenvalue weighted by molar-refractivity contribution is 8.14. The standard InChI is InChI=1S/C20H22N2OS2/c1-13-5-6-14(2)19(11-13)25-15(3)17-7-9-18(10-8-17)22-20(23)12-24-16(4)21/h5-11,21H,3,12H2,1-2,4H3,(H,22,23). The van der Waals surface area contributed by atoms with Crippen LogP contribution in [0.4, 0.5) is 5.69 Å². The minimum Gasteiger partial charge on any atom is -0.325 e. The maximum atomic E-state index is 11.8. The summed E-state index contributed by atoms with van der Waals surface area (Å²) >= 11 is 2.88. The number of amides is 1. The van der Waals surface area contributed by atoms with Crippen LogP contribution >= 0.6 is 23.5 Å². The van der Waals surface area contributed by atoms with E-state index in [0.717, 1.165) is 16.2 Å². The molecule has 0 aliphatic heterocycles. The highest BCUT2D eigenvalue weighted by Gasteiger charge is 2.07. The molecule has 0 radical (unpaired) electrons. The molecule has 0 fully saturated rings. The number of anilines is 1. The van der Waals surface area contributed by atoms with E-state index < -0.39 is 0 Å². The van der Waals surface area contributed by atoms with Gasteiger partial charge in [-0.3, -0.25) is 10.2 Å². The van der Waals surface area contributed by atoms with E-state index in [1.807, 2.05) is 24.3 Å². The maximum Gasteiger partial charge on any atom is 0.234 e. The molecule has 0 aromatic heterocycles. The number of hydrogen-bond acceptors (Lipinski definition) is 4. The summed E-state index contributed by atoms with van der Waals surface area (Å²) in [5.74, 6) is 0.152. The van der Waals surface area contributed by atoms with Crippen LogP contribution in [0.25, 0.3) is 4.91 Å². The van der Waals surface area contributed by atoms with Crippen molar-refractivity contribution in [3.05, 3.63) is 65.7 Å². The number of benzene rings is 2. The molecule has 1 amide bonds. The first-order valence-corrected chi connectivity index (χ1v) is 9.67. The van der Waals surface area contributed by atoms with Gasteiger partial charge in [0.1, 0.15) is 0 Å². The number of carbonyl (C=O) groups is 1. The number of thioether (sulfide) groups is 2. The van der Waals surface area contributed by atoms with Crippen LogP contribution < -0.4 is 5.32 Å². The van der Waals surface area contributed by atoms with Gasteiger partial charge in [-0.05, 0) is 55.7 Å². The van der Waals surface area contributed by atoms with E-state index in [-0.39, 0.29) is 11.7 Å². The average Bonchev–Trinajstić information content (AvgIpc) is 2.57. The van der Waals surface area contributed by atoms with Crippen molar-refractivity contribution in [1.29, 1.82) is 5.41 Å². The number of rotatable bonds is 6. The summed E-state index contributed by atoms with van der Waals surface area (Å²) in [5, 5.41) is 10.6. The van der Waals surface area contributed by atoms with E-state index >= 15 is 0 Å². The minimum absolute atomic E-state index is 0.104. The van der Waals surface area contributed by atoms with E-state index in [9.17, 15) is 4.79 Å². The van der Waals surface area contributed by atoms with Gasteiger partial charge in [-0.15, -0.1) is 11.8 Å². The van der Waals surface area contributed by atoms with Crippen molar-refractivity contribution in [3.8, 4) is 0 Å². The smallest absolute Gasteiger partial charge is 0.234 e. The van der Waals surface area contributed by atoms with Gasteiger partial charge in [0.2, 0.25) is 5.91 Å². The summed E-state index contributed by atoms with van der Waals surface area (Å²) in [6.07, 6.45) is 0. The molecule has 2 aromatic rings. The largest absolute Gasteiger partial charge is 0.325 e. The second-order valence-corrected chi connectivity index (χ2v) is 8.09. The second kappa shape index (κ2) is 8.92. The quantitative estimate of drug-likeness (QED) is 0.387. The Kier molecular flexibility index (Phi) is 6.91. The van der Waals surface area contributed by atoms with Gasteiger partial charge in [-0.25, -0.2) is 0 Å². The van der Waals surface area contributed by atoms with E-state index in [4.69, 9.17) is 5.41 Å². The summed E-state index contributed by atoms with van der Waals surface area (Å²) in [4.78, 5) is 14.0. The minimum atomic E-state index is -0.104. The summed E-state index contributed by atoms with van der Waals surface area (Å²) in [6, 6.07) is 14.1. The van der Waals surface area contributed by atoms with Crippen LogP contribution in [-0.4, -0.2) is 16.7 Å². The number of hydrogen-bond donors (Lipinski definition) is 2. The molecule has 130 valence electrons. The Hall–Kier alpha value is -1.98. The number of nitrogens with one attached hydrogen (secondary N) is 2. The van der Waals surface area contributed by atoms with Crippen LogP contribution in [0.3, 0.4) is 0 Å². The fourth-order valence-corrected chi connectivity index (χ4v) is 3.53. The Bertz CT molecular complexity index is 798. The van der Waals surface area contributed by atoms with Crippen molar-refractivity contribution < 1.29 is 4.79 Å². The summed E-state index contributed by atoms with van der Waals surface area (Å²) < 4.78 is 0. The molecule has 2 rings (SSSR count). The van der Waals surface area contributed by atoms with Gasteiger partial charge in [0.05, 0.1) is 10.8 Å². The Morgan fingerprint density at radius 1 is 1.16 bits per heavy atom. The van der Waals surface area contributed by atoms with E-state index in [1.54, 1.807) is 18.7 Å². The first-order valence-electron chi connectivity index (χ1n) is 7.87. The predicted octanol–water partition coefficient (Wildman–Crippen LogP) is 5.74. The van der Waals surface area contributed by atoms with Gasteiger partial charge in [-0.2, -0.15) is 0 Å². The van der Waals surface area contributed by atoms with Crippen LogP contribution in [-0.2, 0) is 4.79 Å². The van der Waals surface area contributed by atoms with Gasteiger partial charge in [0.25, 0.3) is 0 Å². The molecule has 0 heterocycles. The molecule has 0 saturated carbocycles. The third kappa shape index (κ3) is 6.11. The SMILES string of the molecule is C=C(Sc1cc(C)ccc1C)c1ccc(NC(=O)CSC(C)=N)cc1. The van der Waals surface area contributed by atoms with Crippen molar-refractivity contribution in [3.63, 3.8) is 0 Å². The van der Waals surface area contributed by atoms with Crippen LogP contribution in [0.5, 0.6) is 0 Å². The molecule has 0 aliphatic rings. The van der Waals surface area contributed by atoms with Gasteiger partial charge in [0.15, 0.2) is 0 Å². The van der Waals surface area contributed by atoms with Crippen LogP contribution in [0, 0.1) is 19.3 Å². The second-order valence-electron chi connectivity index (χ2n) is 5.76. The zero-order chi connectivity index (χ0) is 18.4. The van der Waals surface area contributed by atoms with Crippen LogP contribution in [0.15, 0.2) is 53.9 Å². The van der Waals surface area contributed by atoms with Gasteiger partial charge >= 0.3 is 0 Å². The first kappa shape index (κ1) is 19.3. The van der Waals surface area contributed by atoms with Crippen LogP contribution in [0.1, 0.15) is 23.6 Å². The van der Waals surface area contributed by atoms with Crippen molar-refractivity contribution in [2.75, 3.05) is 11.1 Å². The summed E-state index contributed by atoms with van der Waals surface area (Å²) in [6.45, 7) is 10.0. The molecule has 0 aliphatic carbocycles. The molecule has 2 N–H and O–H groups in total. The Morgan fingerprint density at radius 2 is 1.84 bits per heavy atom. The molecule has 0 unspecified atom stereocenters. The maximum absolute atomic E-state index is 11.8. The highest BCUT2D eigenvalue weighted by atomic mass is 32.2. The molecule has 0 saturated heterocycles. The molecule has 0 atom stereocenters. The van der Waals surface area contributed by atoms with E-state index in [1.165, 1.54) is 27.8 Å². The molecule has 5 heteroatoms. The van der Waals surface area contributed by atoms with Gasteiger partial charge in [0, 0.05) is 15.5 Å².